The van der Waals surface area contributed by atoms with E-state index in [9.17, 15) is 4.79 Å². The minimum absolute atomic E-state index is 0.0754. The van der Waals surface area contributed by atoms with Crippen molar-refractivity contribution in [3.63, 3.8) is 0 Å². The van der Waals surface area contributed by atoms with Crippen LogP contribution in [0.15, 0.2) is 48.5 Å². The third-order valence-corrected chi connectivity index (χ3v) is 4.20. The zero-order chi connectivity index (χ0) is 14.9. The van der Waals surface area contributed by atoms with Crippen LogP contribution in [-0.4, -0.2) is 5.91 Å². The van der Waals surface area contributed by atoms with E-state index >= 15 is 0 Å². The molecule has 3 rings (SSSR count). The number of hydrogen-bond acceptors (Lipinski definition) is 2. The summed E-state index contributed by atoms with van der Waals surface area (Å²) in [4.78, 5) is 12.5. The fraction of sp³-hybridized carbons (Fsp3) is 0.235. The minimum Gasteiger partial charge on any atom is -0.343 e. The van der Waals surface area contributed by atoms with Crippen molar-refractivity contribution in [1.29, 1.82) is 0 Å². The van der Waals surface area contributed by atoms with Gasteiger partial charge in [-0.2, -0.15) is 0 Å². The van der Waals surface area contributed by atoms with Gasteiger partial charge in [-0.3, -0.25) is 4.79 Å². The summed E-state index contributed by atoms with van der Waals surface area (Å²) >= 11 is 6.05. The topological polar surface area (TPSA) is 55.1 Å². The van der Waals surface area contributed by atoms with Gasteiger partial charge in [-0.05, 0) is 42.2 Å². The van der Waals surface area contributed by atoms with E-state index < -0.39 is 0 Å². The molecule has 1 amide bonds. The lowest BCUT2D eigenvalue weighted by molar-refractivity contribution is 0.0930. The van der Waals surface area contributed by atoms with Crippen LogP contribution in [-0.2, 0) is 12.1 Å². The second-order valence-corrected chi connectivity index (χ2v) is 5.84. The molecule has 108 valence electrons. The van der Waals surface area contributed by atoms with E-state index in [1.165, 1.54) is 0 Å². The van der Waals surface area contributed by atoms with E-state index in [1.54, 1.807) is 0 Å². The Morgan fingerprint density at radius 3 is 2.62 bits per heavy atom. The van der Waals surface area contributed by atoms with E-state index in [-0.39, 0.29) is 11.4 Å². The molecule has 4 heteroatoms. The molecule has 21 heavy (non-hydrogen) atoms. The van der Waals surface area contributed by atoms with E-state index in [0.717, 1.165) is 24.0 Å². The van der Waals surface area contributed by atoms with Crippen molar-refractivity contribution in [2.45, 2.75) is 24.9 Å². The molecule has 0 spiro atoms. The summed E-state index contributed by atoms with van der Waals surface area (Å²) < 4.78 is 0. The van der Waals surface area contributed by atoms with Gasteiger partial charge in [-0.15, -0.1) is 0 Å². The highest BCUT2D eigenvalue weighted by molar-refractivity contribution is 6.30. The van der Waals surface area contributed by atoms with E-state index in [1.807, 2.05) is 48.5 Å². The standard InChI is InChI=1S/C17H17ClN2O/c18-14-6-3-5-13(10-14)17(8-9-17)20-16(21)15-7-2-1-4-12(15)11-19/h1-7,10H,8-9,11,19H2,(H,20,21). The summed E-state index contributed by atoms with van der Waals surface area (Å²) in [7, 11) is 0. The zero-order valence-corrected chi connectivity index (χ0v) is 12.4. The Morgan fingerprint density at radius 2 is 1.95 bits per heavy atom. The molecular formula is C17H17ClN2O. The van der Waals surface area contributed by atoms with E-state index in [0.29, 0.717) is 17.1 Å². The Hall–Kier alpha value is -1.84. The van der Waals surface area contributed by atoms with E-state index in [2.05, 4.69) is 5.32 Å². The number of nitrogens with two attached hydrogens (primary N) is 1. The molecule has 1 aliphatic carbocycles. The van der Waals surface area contributed by atoms with Gasteiger partial charge in [0.1, 0.15) is 0 Å². The summed E-state index contributed by atoms with van der Waals surface area (Å²) in [5.74, 6) is -0.0754. The van der Waals surface area contributed by atoms with Gasteiger partial charge in [-0.1, -0.05) is 41.9 Å². The van der Waals surface area contributed by atoms with Gasteiger partial charge in [0.15, 0.2) is 0 Å². The van der Waals surface area contributed by atoms with Crippen LogP contribution in [0.2, 0.25) is 5.02 Å². The van der Waals surface area contributed by atoms with Crippen LogP contribution in [0.3, 0.4) is 0 Å². The third kappa shape index (κ3) is 2.80. The maximum atomic E-state index is 12.5. The molecular weight excluding hydrogens is 284 g/mol. The molecule has 0 unspecified atom stereocenters. The fourth-order valence-electron chi connectivity index (χ4n) is 2.60. The Labute approximate surface area is 129 Å². The quantitative estimate of drug-likeness (QED) is 0.911. The number of halogens is 1. The van der Waals surface area contributed by atoms with Gasteiger partial charge in [0.2, 0.25) is 0 Å². The van der Waals surface area contributed by atoms with Gasteiger partial charge in [0.25, 0.3) is 5.91 Å². The van der Waals surface area contributed by atoms with Crippen molar-refractivity contribution >= 4 is 17.5 Å². The number of carbonyl (C=O) groups is 1. The first-order valence-electron chi connectivity index (χ1n) is 7.01. The Bertz CT molecular complexity index is 680. The molecule has 0 atom stereocenters. The highest BCUT2D eigenvalue weighted by Crippen LogP contribution is 2.46. The van der Waals surface area contributed by atoms with Crippen LogP contribution in [0, 0.1) is 0 Å². The van der Waals surface area contributed by atoms with Crippen LogP contribution >= 0.6 is 11.6 Å². The molecule has 0 bridgehead atoms. The van der Waals surface area contributed by atoms with Gasteiger partial charge in [0.05, 0.1) is 5.54 Å². The van der Waals surface area contributed by atoms with Crippen molar-refractivity contribution in [1.82, 2.24) is 5.32 Å². The smallest absolute Gasteiger partial charge is 0.252 e. The average Bonchev–Trinajstić information content (AvgIpc) is 3.28. The minimum atomic E-state index is -0.274. The predicted molar refractivity (Wildman–Crippen MR) is 84.2 cm³/mol. The first-order valence-corrected chi connectivity index (χ1v) is 7.39. The maximum Gasteiger partial charge on any atom is 0.252 e. The lowest BCUT2D eigenvalue weighted by Gasteiger charge is -2.19. The number of rotatable bonds is 4. The first kappa shape index (κ1) is 14.1. The molecule has 1 saturated carbocycles. The van der Waals surface area contributed by atoms with Crippen molar-refractivity contribution in [2.24, 2.45) is 5.73 Å². The van der Waals surface area contributed by atoms with Gasteiger partial charge in [-0.25, -0.2) is 0 Å². The Balaban J connectivity index is 1.85. The monoisotopic (exact) mass is 300 g/mol. The molecule has 0 radical (unpaired) electrons. The normalized spacial score (nSPS) is 15.5. The van der Waals surface area contributed by atoms with Gasteiger partial charge >= 0.3 is 0 Å². The summed E-state index contributed by atoms with van der Waals surface area (Å²) in [5, 5.41) is 3.84. The molecule has 0 saturated heterocycles. The SMILES string of the molecule is NCc1ccccc1C(=O)NC1(c2cccc(Cl)c2)CC1. The van der Waals surface area contributed by atoms with E-state index in [4.69, 9.17) is 17.3 Å². The lowest BCUT2D eigenvalue weighted by Crippen LogP contribution is -2.35. The fourth-order valence-corrected chi connectivity index (χ4v) is 2.79. The molecule has 3 nitrogen and oxygen atoms in total. The number of benzene rings is 2. The average molecular weight is 301 g/mol. The van der Waals surface area contributed by atoms with Gasteiger partial charge in [0, 0.05) is 17.1 Å². The van der Waals surface area contributed by atoms with Crippen LogP contribution < -0.4 is 11.1 Å². The molecule has 0 aromatic heterocycles. The number of amides is 1. The third-order valence-electron chi connectivity index (χ3n) is 3.96. The van der Waals surface area contributed by atoms with Crippen molar-refractivity contribution in [3.8, 4) is 0 Å². The number of carbonyl (C=O) groups excluding carboxylic acids is 1. The molecule has 3 N–H and O–H groups in total. The summed E-state index contributed by atoms with van der Waals surface area (Å²) in [6.45, 7) is 0.355. The Morgan fingerprint density at radius 1 is 1.19 bits per heavy atom. The molecule has 1 fully saturated rings. The van der Waals surface area contributed by atoms with Crippen LogP contribution in [0.5, 0.6) is 0 Å². The summed E-state index contributed by atoms with van der Waals surface area (Å²) in [5.41, 5.74) is 8.00. The highest BCUT2D eigenvalue weighted by Gasteiger charge is 2.45. The second-order valence-electron chi connectivity index (χ2n) is 5.41. The molecule has 1 aliphatic rings. The second kappa shape index (κ2) is 5.51. The predicted octanol–water partition coefficient (Wildman–Crippen LogP) is 3.22. The highest BCUT2D eigenvalue weighted by atomic mass is 35.5. The molecule has 2 aromatic carbocycles. The maximum absolute atomic E-state index is 12.5. The zero-order valence-electron chi connectivity index (χ0n) is 11.6. The van der Waals surface area contributed by atoms with Crippen LogP contribution in [0.1, 0.15) is 34.3 Å². The van der Waals surface area contributed by atoms with Gasteiger partial charge < -0.3 is 11.1 Å². The number of nitrogens with one attached hydrogen (secondary N) is 1. The summed E-state index contributed by atoms with van der Waals surface area (Å²) in [6, 6.07) is 15.1. The lowest BCUT2D eigenvalue weighted by atomic mass is 10.0. The number of hydrogen-bond donors (Lipinski definition) is 2. The van der Waals surface area contributed by atoms with Crippen molar-refractivity contribution in [3.05, 3.63) is 70.2 Å². The van der Waals surface area contributed by atoms with Crippen molar-refractivity contribution < 1.29 is 4.79 Å². The van der Waals surface area contributed by atoms with Crippen LogP contribution in [0.4, 0.5) is 0 Å². The molecule has 0 heterocycles. The summed E-state index contributed by atoms with van der Waals surface area (Å²) in [6.07, 6.45) is 1.87. The first-order chi connectivity index (χ1) is 10.1. The Kier molecular flexibility index (Phi) is 3.70. The van der Waals surface area contributed by atoms with Crippen molar-refractivity contribution in [2.75, 3.05) is 0 Å². The molecule has 2 aromatic rings. The van der Waals surface area contributed by atoms with Crippen LogP contribution in [0.25, 0.3) is 0 Å². The molecule has 0 aliphatic heterocycles. The largest absolute Gasteiger partial charge is 0.343 e.